The highest BCUT2D eigenvalue weighted by atomic mass is 32.2. The highest BCUT2D eigenvalue weighted by Crippen LogP contribution is 2.34. The molecule has 1 atom stereocenters. The normalized spacial score (nSPS) is 17.3. The van der Waals surface area contributed by atoms with Crippen molar-refractivity contribution >= 4 is 50.1 Å². The Morgan fingerprint density at radius 2 is 1.82 bits per heavy atom. The molecule has 0 saturated carbocycles. The summed E-state index contributed by atoms with van der Waals surface area (Å²) in [6.45, 7) is 0.412. The average Bonchev–Trinajstić information content (AvgIpc) is 3.35. The zero-order valence-electron chi connectivity index (χ0n) is 14.8. The molecule has 140 valence electrons. The number of likely N-dealkylation sites (tertiary alicyclic amines) is 1. The molecule has 0 aliphatic carbocycles. The van der Waals surface area contributed by atoms with Crippen molar-refractivity contribution < 1.29 is 9.59 Å². The molecule has 0 N–H and O–H groups in total. The first-order valence-electron chi connectivity index (χ1n) is 8.98. The number of para-hydroxylation sites is 1. The molecule has 28 heavy (non-hydrogen) atoms. The summed E-state index contributed by atoms with van der Waals surface area (Å²) in [6, 6.07) is 17.9. The Hall–Kier alpha value is -2.71. The predicted octanol–water partition coefficient (Wildman–Crippen LogP) is 3.41. The summed E-state index contributed by atoms with van der Waals surface area (Å²) >= 11 is 2.89. The number of carbonyl (C=O) groups is 2. The number of thioether (sulfide) groups is 1. The van der Waals surface area contributed by atoms with E-state index in [9.17, 15) is 9.59 Å². The molecule has 1 aliphatic heterocycles. The Morgan fingerprint density at radius 1 is 1.04 bits per heavy atom. The van der Waals surface area contributed by atoms with Crippen molar-refractivity contribution in [2.75, 3.05) is 6.54 Å². The number of rotatable bonds is 5. The third-order valence-electron chi connectivity index (χ3n) is 4.83. The molecule has 0 radical (unpaired) electrons. The van der Waals surface area contributed by atoms with Crippen LogP contribution in [0.5, 0.6) is 0 Å². The average molecular weight is 409 g/mol. The maximum absolute atomic E-state index is 12.8. The van der Waals surface area contributed by atoms with Crippen LogP contribution < -0.4 is 0 Å². The van der Waals surface area contributed by atoms with Crippen LogP contribution in [0.25, 0.3) is 15.2 Å². The first-order valence-corrected chi connectivity index (χ1v) is 10.7. The quantitative estimate of drug-likeness (QED) is 0.474. The number of amides is 2. The van der Waals surface area contributed by atoms with Crippen molar-refractivity contribution in [1.82, 2.24) is 19.5 Å². The van der Waals surface area contributed by atoms with Gasteiger partial charge in [-0.05, 0) is 24.1 Å². The molecule has 1 fully saturated rings. The van der Waals surface area contributed by atoms with Crippen LogP contribution >= 0.6 is 23.1 Å². The minimum absolute atomic E-state index is 0.116. The van der Waals surface area contributed by atoms with E-state index in [4.69, 9.17) is 0 Å². The van der Waals surface area contributed by atoms with Crippen LogP contribution in [0.4, 0.5) is 0 Å². The van der Waals surface area contributed by atoms with Crippen molar-refractivity contribution in [1.29, 1.82) is 0 Å². The highest BCUT2D eigenvalue weighted by Gasteiger charge is 2.39. The number of carbonyl (C=O) groups excluding carboxylic acids is 2. The summed E-state index contributed by atoms with van der Waals surface area (Å²) in [5.41, 5.74) is 2.14. The molecular formula is C20H16N4O2S2. The van der Waals surface area contributed by atoms with E-state index >= 15 is 0 Å². The van der Waals surface area contributed by atoms with E-state index in [1.165, 1.54) is 16.7 Å². The van der Waals surface area contributed by atoms with Gasteiger partial charge in [-0.25, -0.2) is 0 Å². The van der Waals surface area contributed by atoms with Crippen LogP contribution in [0.3, 0.4) is 0 Å². The van der Waals surface area contributed by atoms with Crippen LogP contribution in [0, 0.1) is 0 Å². The van der Waals surface area contributed by atoms with E-state index in [2.05, 4.69) is 10.2 Å². The topological polar surface area (TPSA) is 67.6 Å². The molecular weight excluding hydrogens is 392 g/mol. The van der Waals surface area contributed by atoms with Crippen molar-refractivity contribution in [2.45, 2.75) is 23.2 Å². The van der Waals surface area contributed by atoms with E-state index in [-0.39, 0.29) is 18.2 Å². The molecule has 0 unspecified atom stereocenters. The Labute approximate surface area is 169 Å². The smallest absolute Gasteiger partial charge is 0.243 e. The van der Waals surface area contributed by atoms with Gasteiger partial charge in [-0.1, -0.05) is 65.6 Å². The molecule has 5 rings (SSSR count). The Bertz CT molecular complexity index is 1180. The number of hydrogen-bond acceptors (Lipinski definition) is 6. The number of imide groups is 1. The molecule has 8 heteroatoms. The third kappa shape index (κ3) is 2.98. The second-order valence-corrected chi connectivity index (χ2v) is 8.78. The van der Waals surface area contributed by atoms with Crippen molar-refractivity contribution in [3.8, 4) is 0 Å². The predicted molar refractivity (Wildman–Crippen MR) is 109 cm³/mol. The lowest BCUT2D eigenvalue weighted by molar-refractivity contribution is -0.138. The van der Waals surface area contributed by atoms with Crippen LogP contribution in [-0.2, 0) is 16.0 Å². The lowest BCUT2D eigenvalue weighted by atomic mass is 10.1. The summed E-state index contributed by atoms with van der Waals surface area (Å²) in [6.07, 6.45) is 0.870. The molecule has 0 spiro atoms. The summed E-state index contributed by atoms with van der Waals surface area (Å²) in [7, 11) is 0. The number of thiazole rings is 1. The Kier molecular flexibility index (Phi) is 4.37. The third-order valence-corrected chi connectivity index (χ3v) is 6.97. The molecule has 2 aromatic carbocycles. The molecule has 0 bridgehead atoms. The zero-order valence-corrected chi connectivity index (χ0v) is 16.4. The minimum atomic E-state index is -0.450. The lowest BCUT2D eigenvalue weighted by Crippen LogP contribution is -2.33. The number of aromatic nitrogens is 3. The van der Waals surface area contributed by atoms with Gasteiger partial charge in [0.05, 0.1) is 10.2 Å². The largest absolute Gasteiger partial charge is 0.281 e. The highest BCUT2D eigenvalue weighted by molar-refractivity contribution is 8.00. The lowest BCUT2D eigenvalue weighted by Gasteiger charge is -2.14. The van der Waals surface area contributed by atoms with Gasteiger partial charge in [-0.3, -0.25) is 18.9 Å². The molecule has 2 amide bonds. The molecule has 1 aliphatic rings. The SMILES string of the molecule is O=C1C[C@@H](Sc2nnc3sc4ccccc4n23)C(=O)N1CCc1ccccc1. The van der Waals surface area contributed by atoms with Gasteiger partial charge in [0.1, 0.15) is 5.25 Å². The van der Waals surface area contributed by atoms with E-state index in [0.717, 1.165) is 20.7 Å². The summed E-state index contributed by atoms with van der Waals surface area (Å²) in [5.74, 6) is -0.253. The number of benzene rings is 2. The van der Waals surface area contributed by atoms with Gasteiger partial charge in [0, 0.05) is 13.0 Å². The van der Waals surface area contributed by atoms with Gasteiger partial charge >= 0.3 is 0 Å². The van der Waals surface area contributed by atoms with Gasteiger partial charge in [0.25, 0.3) is 0 Å². The van der Waals surface area contributed by atoms with E-state index < -0.39 is 5.25 Å². The first-order chi connectivity index (χ1) is 13.7. The second kappa shape index (κ2) is 7.03. The van der Waals surface area contributed by atoms with Gasteiger partial charge < -0.3 is 0 Å². The van der Waals surface area contributed by atoms with Crippen LogP contribution in [0.15, 0.2) is 59.8 Å². The molecule has 4 aromatic rings. The molecule has 6 nitrogen and oxygen atoms in total. The van der Waals surface area contributed by atoms with Crippen LogP contribution in [0.1, 0.15) is 12.0 Å². The first kappa shape index (κ1) is 17.4. The van der Waals surface area contributed by atoms with Crippen molar-refractivity contribution in [3.05, 3.63) is 60.2 Å². The van der Waals surface area contributed by atoms with Crippen molar-refractivity contribution in [3.63, 3.8) is 0 Å². The monoisotopic (exact) mass is 408 g/mol. The zero-order chi connectivity index (χ0) is 19.1. The van der Waals surface area contributed by atoms with E-state index in [1.807, 2.05) is 59.0 Å². The summed E-state index contributed by atoms with van der Waals surface area (Å²) in [5, 5.41) is 8.70. The number of nitrogens with zero attached hydrogens (tertiary/aromatic N) is 4. The number of fused-ring (bicyclic) bond motifs is 3. The maximum Gasteiger partial charge on any atom is 0.243 e. The van der Waals surface area contributed by atoms with Gasteiger partial charge in [0.2, 0.25) is 16.8 Å². The van der Waals surface area contributed by atoms with E-state index in [1.54, 1.807) is 11.3 Å². The summed E-state index contributed by atoms with van der Waals surface area (Å²) in [4.78, 5) is 27.4. The van der Waals surface area contributed by atoms with Gasteiger partial charge in [-0.2, -0.15) is 0 Å². The standard InChI is InChI=1S/C20H16N4O2S2/c25-17-12-16(18(26)23(17)11-10-13-6-2-1-3-7-13)28-20-22-21-19-24(20)14-8-4-5-9-15(14)27-19/h1-9,16H,10-12H2/t16-/m1/s1. The Balaban J connectivity index is 1.35. The van der Waals surface area contributed by atoms with Gasteiger partial charge in [-0.15, -0.1) is 10.2 Å². The van der Waals surface area contributed by atoms with Crippen LogP contribution in [0.2, 0.25) is 0 Å². The summed E-state index contributed by atoms with van der Waals surface area (Å²) < 4.78 is 3.09. The Morgan fingerprint density at radius 3 is 2.68 bits per heavy atom. The van der Waals surface area contributed by atoms with Gasteiger partial charge in [0.15, 0.2) is 5.16 Å². The van der Waals surface area contributed by atoms with Crippen LogP contribution in [-0.4, -0.2) is 43.1 Å². The number of hydrogen-bond donors (Lipinski definition) is 0. The maximum atomic E-state index is 12.8. The molecule has 1 saturated heterocycles. The molecule has 3 heterocycles. The fraction of sp³-hybridized carbons (Fsp3) is 0.200. The minimum Gasteiger partial charge on any atom is -0.281 e. The van der Waals surface area contributed by atoms with E-state index in [0.29, 0.717) is 18.1 Å². The fourth-order valence-corrected chi connectivity index (χ4v) is 5.53. The molecule has 2 aromatic heterocycles. The fourth-order valence-electron chi connectivity index (χ4n) is 3.42. The van der Waals surface area contributed by atoms with Crippen molar-refractivity contribution in [2.24, 2.45) is 0 Å². The second-order valence-electron chi connectivity index (χ2n) is 6.60.